The molecule has 0 amide bonds. The molecule has 2 unspecified atom stereocenters. The SMILES string of the molecule is C1CC2CC3(CCCC3)CC2C1. The molecular formula is C12H20. The van der Waals surface area contributed by atoms with Crippen LogP contribution in [0.15, 0.2) is 0 Å². The zero-order chi connectivity index (χ0) is 8.02. The second-order valence-electron chi connectivity index (χ2n) is 5.57. The van der Waals surface area contributed by atoms with E-state index in [9.17, 15) is 0 Å². The van der Waals surface area contributed by atoms with Crippen molar-refractivity contribution in [2.75, 3.05) is 0 Å². The molecular weight excluding hydrogens is 144 g/mol. The zero-order valence-corrected chi connectivity index (χ0v) is 8.02. The van der Waals surface area contributed by atoms with Crippen LogP contribution in [0.4, 0.5) is 0 Å². The average Bonchev–Trinajstić information content (AvgIpc) is 2.66. The molecule has 0 heterocycles. The Morgan fingerprint density at radius 1 is 0.750 bits per heavy atom. The molecule has 3 rings (SSSR count). The summed E-state index contributed by atoms with van der Waals surface area (Å²) in [5.74, 6) is 2.34. The van der Waals surface area contributed by atoms with E-state index in [0.29, 0.717) is 0 Å². The quantitative estimate of drug-likeness (QED) is 0.511. The molecule has 0 saturated heterocycles. The number of rotatable bonds is 0. The standard InChI is InChI=1S/C12H20/c1-2-7-12(6-1)8-10-4-3-5-11(10)9-12/h10-11H,1-9H2. The summed E-state index contributed by atoms with van der Waals surface area (Å²) in [6, 6.07) is 0. The van der Waals surface area contributed by atoms with E-state index in [-0.39, 0.29) is 0 Å². The Bertz CT molecular complexity index is 162. The van der Waals surface area contributed by atoms with Gasteiger partial charge in [-0.15, -0.1) is 0 Å². The Morgan fingerprint density at radius 3 is 1.92 bits per heavy atom. The number of hydrogen-bond donors (Lipinski definition) is 0. The second-order valence-corrected chi connectivity index (χ2v) is 5.57. The summed E-state index contributed by atoms with van der Waals surface area (Å²) in [5, 5.41) is 0. The van der Waals surface area contributed by atoms with E-state index in [4.69, 9.17) is 0 Å². The molecule has 3 fully saturated rings. The van der Waals surface area contributed by atoms with Crippen LogP contribution >= 0.6 is 0 Å². The molecule has 3 saturated carbocycles. The first-order valence-corrected chi connectivity index (χ1v) is 5.88. The van der Waals surface area contributed by atoms with Crippen molar-refractivity contribution in [3.8, 4) is 0 Å². The van der Waals surface area contributed by atoms with Crippen molar-refractivity contribution in [1.29, 1.82) is 0 Å². The van der Waals surface area contributed by atoms with E-state index in [0.717, 1.165) is 5.41 Å². The maximum Gasteiger partial charge on any atom is -0.0292 e. The highest BCUT2D eigenvalue weighted by Crippen LogP contribution is 2.59. The van der Waals surface area contributed by atoms with Gasteiger partial charge in [-0.3, -0.25) is 0 Å². The second kappa shape index (κ2) is 2.49. The minimum Gasteiger partial charge on any atom is -0.0528 e. The molecule has 1 spiro atoms. The summed E-state index contributed by atoms with van der Waals surface area (Å²) in [7, 11) is 0. The van der Waals surface area contributed by atoms with Gasteiger partial charge in [0.2, 0.25) is 0 Å². The van der Waals surface area contributed by atoms with Crippen molar-refractivity contribution >= 4 is 0 Å². The van der Waals surface area contributed by atoms with E-state index in [1.54, 1.807) is 57.8 Å². The highest BCUT2D eigenvalue weighted by molar-refractivity contribution is 4.98. The monoisotopic (exact) mass is 164 g/mol. The average molecular weight is 164 g/mol. The Balaban J connectivity index is 1.77. The Hall–Kier alpha value is 0. The lowest BCUT2D eigenvalue weighted by molar-refractivity contribution is 0.281. The predicted molar refractivity (Wildman–Crippen MR) is 51.0 cm³/mol. The van der Waals surface area contributed by atoms with Crippen LogP contribution in [-0.4, -0.2) is 0 Å². The van der Waals surface area contributed by atoms with Gasteiger partial charge in [0.15, 0.2) is 0 Å². The van der Waals surface area contributed by atoms with Gasteiger partial charge in [0.1, 0.15) is 0 Å². The van der Waals surface area contributed by atoms with Crippen molar-refractivity contribution < 1.29 is 0 Å². The van der Waals surface area contributed by atoms with Crippen LogP contribution in [0.25, 0.3) is 0 Å². The molecule has 68 valence electrons. The van der Waals surface area contributed by atoms with Crippen LogP contribution in [-0.2, 0) is 0 Å². The Morgan fingerprint density at radius 2 is 1.33 bits per heavy atom. The number of hydrogen-bond acceptors (Lipinski definition) is 0. The van der Waals surface area contributed by atoms with Gasteiger partial charge in [0.25, 0.3) is 0 Å². The van der Waals surface area contributed by atoms with E-state index < -0.39 is 0 Å². The smallest absolute Gasteiger partial charge is 0.0292 e. The highest BCUT2D eigenvalue weighted by Gasteiger charge is 2.47. The van der Waals surface area contributed by atoms with E-state index in [1.165, 1.54) is 11.8 Å². The van der Waals surface area contributed by atoms with Crippen LogP contribution < -0.4 is 0 Å². The van der Waals surface area contributed by atoms with Crippen LogP contribution in [0.5, 0.6) is 0 Å². The lowest BCUT2D eigenvalue weighted by Crippen LogP contribution is -2.11. The van der Waals surface area contributed by atoms with E-state index in [2.05, 4.69) is 0 Å². The van der Waals surface area contributed by atoms with Crippen LogP contribution in [0.1, 0.15) is 57.8 Å². The lowest BCUT2D eigenvalue weighted by atomic mass is 9.82. The summed E-state index contributed by atoms with van der Waals surface area (Å²) in [4.78, 5) is 0. The lowest BCUT2D eigenvalue weighted by Gasteiger charge is -2.23. The third-order valence-electron chi connectivity index (χ3n) is 4.87. The largest absolute Gasteiger partial charge is 0.0528 e. The number of fused-ring (bicyclic) bond motifs is 1. The molecule has 0 nitrogen and oxygen atoms in total. The third-order valence-corrected chi connectivity index (χ3v) is 4.87. The Kier molecular flexibility index (Phi) is 1.54. The fourth-order valence-electron chi connectivity index (χ4n) is 4.38. The molecule has 0 N–H and O–H groups in total. The van der Waals surface area contributed by atoms with Gasteiger partial charge in [-0.25, -0.2) is 0 Å². The van der Waals surface area contributed by atoms with E-state index >= 15 is 0 Å². The van der Waals surface area contributed by atoms with E-state index in [1.807, 2.05) is 0 Å². The minimum atomic E-state index is 0.885. The van der Waals surface area contributed by atoms with Crippen LogP contribution in [0.3, 0.4) is 0 Å². The molecule has 3 aliphatic rings. The molecule has 3 aliphatic carbocycles. The first-order valence-electron chi connectivity index (χ1n) is 5.88. The van der Waals surface area contributed by atoms with Crippen molar-refractivity contribution in [3.63, 3.8) is 0 Å². The minimum absolute atomic E-state index is 0.885. The molecule has 2 atom stereocenters. The molecule has 0 aliphatic heterocycles. The van der Waals surface area contributed by atoms with Gasteiger partial charge in [0, 0.05) is 0 Å². The topological polar surface area (TPSA) is 0 Å². The first-order chi connectivity index (χ1) is 5.88. The van der Waals surface area contributed by atoms with Crippen molar-refractivity contribution in [3.05, 3.63) is 0 Å². The van der Waals surface area contributed by atoms with Gasteiger partial charge in [-0.05, 0) is 42.9 Å². The van der Waals surface area contributed by atoms with Gasteiger partial charge < -0.3 is 0 Å². The first kappa shape index (κ1) is 7.41. The van der Waals surface area contributed by atoms with Gasteiger partial charge in [-0.2, -0.15) is 0 Å². The van der Waals surface area contributed by atoms with Crippen molar-refractivity contribution in [2.24, 2.45) is 17.3 Å². The fraction of sp³-hybridized carbons (Fsp3) is 1.00. The molecule has 0 radical (unpaired) electrons. The molecule has 12 heavy (non-hydrogen) atoms. The third kappa shape index (κ3) is 0.963. The Labute approximate surface area is 75.7 Å². The fourth-order valence-corrected chi connectivity index (χ4v) is 4.38. The van der Waals surface area contributed by atoms with Gasteiger partial charge >= 0.3 is 0 Å². The predicted octanol–water partition coefficient (Wildman–Crippen LogP) is 3.76. The van der Waals surface area contributed by atoms with Crippen molar-refractivity contribution in [2.45, 2.75) is 57.8 Å². The summed E-state index contributed by atoms with van der Waals surface area (Å²) in [5.41, 5.74) is 0.885. The summed E-state index contributed by atoms with van der Waals surface area (Å²) >= 11 is 0. The highest BCUT2D eigenvalue weighted by atomic mass is 14.5. The van der Waals surface area contributed by atoms with Crippen LogP contribution in [0, 0.1) is 17.3 Å². The summed E-state index contributed by atoms with van der Waals surface area (Å²) in [6.45, 7) is 0. The summed E-state index contributed by atoms with van der Waals surface area (Å²) < 4.78 is 0. The zero-order valence-electron chi connectivity index (χ0n) is 8.02. The van der Waals surface area contributed by atoms with Crippen LogP contribution in [0.2, 0.25) is 0 Å². The molecule has 0 aromatic rings. The maximum absolute atomic E-state index is 1.62. The normalized spacial score (nSPS) is 44.0. The molecule has 0 heteroatoms. The molecule has 0 aromatic carbocycles. The van der Waals surface area contributed by atoms with Gasteiger partial charge in [0.05, 0.1) is 0 Å². The molecule has 0 aromatic heterocycles. The van der Waals surface area contributed by atoms with Gasteiger partial charge in [-0.1, -0.05) is 32.1 Å². The van der Waals surface area contributed by atoms with Crippen molar-refractivity contribution in [1.82, 2.24) is 0 Å². The molecule has 0 bridgehead atoms. The maximum atomic E-state index is 1.62. The summed E-state index contributed by atoms with van der Waals surface area (Å²) in [6.07, 6.45) is 14.2.